The molecule has 3 nitrogen and oxygen atoms in total. The zero-order valence-corrected chi connectivity index (χ0v) is 10.8. The van der Waals surface area contributed by atoms with Crippen LogP contribution in [0, 0.1) is 18.6 Å². The van der Waals surface area contributed by atoms with Gasteiger partial charge in [0.1, 0.15) is 17.5 Å². The van der Waals surface area contributed by atoms with Gasteiger partial charge in [-0.1, -0.05) is 6.07 Å². The topological polar surface area (TPSA) is 42.2 Å². The Morgan fingerprint density at radius 3 is 2.58 bits per heavy atom. The highest BCUT2D eigenvalue weighted by Crippen LogP contribution is 2.18. The largest absolute Gasteiger partial charge is 0.397 e. The average molecular weight is 263 g/mol. The molecular formula is C14H15F2N3. The van der Waals surface area contributed by atoms with E-state index in [9.17, 15) is 8.78 Å². The molecule has 19 heavy (non-hydrogen) atoms. The Balaban J connectivity index is 2.20. The first-order valence-corrected chi connectivity index (χ1v) is 5.85. The predicted octanol–water partition coefficient (Wildman–Crippen LogP) is 2.89. The Morgan fingerprint density at radius 1 is 1.21 bits per heavy atom. The van der Waals surface area contributed by atoms with Gasteiger partial charge in [-0.3, -0.25) is 0 Å². The number of aryl methyl sites for hydroxylation is 1. The van der Waals surface area contributed by atoms with Crippen LogP contribution >= 0.6 is 0 Å². The summed E-state index contributed by atoms with van der Waals surface area (Å²) in [5.41, 5.74) is 7.46. The third-order valence-corrected chi connectivity index (χ3v) is 2.93. The molecule has 0 bridgehead atoms. The third-order valence-electron chi connectivity index (χ3n) is 2.93. The molecule has 1 aromatic carbocycles. The lowest BCUT2D eigenvalue weighted by Gasteiger charge is -2.19. The number of aromatic nitrogens is 1. The number of nitrogens with zero attached hydrogens (tertiary/aromatic N) is 2. The van der Waals surface area contributed by atoms with Crippen LogP contribution in [0.5, 0.6) is 0 Å². The van der Waals surface area contributed by atoms with Crippen LogP contribution in [0.2, 0.25) is 0 Å². The number of hydrogen-bond acceptors (Lipinski definition) is 3. The summed E-state index contributed by atoms with van der Waals surface area (Å²) in [7, 11) is 1.79. The Kier molecular flexibility index (Phi) is 3.64. The fourth-order valence-electron chi connectivity index (χ4n) is 1.76. The maximum Gasteiger partial charge on any atom is 0.131 e. The summed E-state index contributed by atoms with van der Waals surface area (Å²) in [6.45, 7) is 2.12. The molecule has 2 rings (SSSR count). The molecule has 0 unspecified atom stereocenters. The Hall–Kier alpha value is -2.17. The highest BCUT2D eigenvalue weighted by molar-refractivity contribution is 5.50. The van der Waals surface area contributed by atoms with E-state index in [4.69, 9.17) is 5.73 Å². The predicted molar refractivity (Wildman–Crippen MR) is 71.9 cm³/mol. The molecule has 0 radical (unpaired) electrons. The maximum atomic E-state index is 13.6. The molecule has 0 saturated carbocycles. The van der Waals surface area contributed by atoms with Crippen molar-refractivity contribution in [2.24, 2.45) is 0 Å². The molecule has 0 saturated heterocycles. The molecule has 0 atom stereocenters. The second kappa shape index (κ2) is 5.22. The summed E-state index contributed by atoms with van der Waals surface area (Å²) < 4.78 is 26.4. The monoisotopic (exact) mass is 263 g/mol. The van der Waals surface area contributed by atoms with E-state index in [1.165, 1.54) is 12.1 Å². The number of anilines is 2. The molecule has 0 aliphatic heterocycles. The van der Waals surface area contributed by atoms with Gasteiger partial charge in [0.2, 0.25) is 0 Å². The van der Waals surface area contributed by atoms with E-state index in [1.54, 1.807) is 24.1 Å². The lowest BCUT2D eigenvalue weighted by molar-refractivity contribution is 0.571. The van der Waals surface area contributed by atoms with Crippen LogP contribution in [-0.4, -0.2) is 12.0 Å². The average Bonchev–Trinajstić information content (AvgIpc) is 2.36. The molecule has 0 aliphatic rings. The molecule has 0 aliphatic carbocycles. The Bertz CT molecular complexity index is 599. The first kappa shape index (κ1) is 13.3. The quantitative estimate of drug-likeness (QED) is 0.925. The van der Waals surface area contributed by atoms with E-state index in [-0.39, 0.29) is 0 Å². The highest BCUT2D eigenvalue weighted by Gasteiger charge is 2.09. The van der Waals surface area contributed by atoms with Gasteiger partial charge in [-0.15, -0.1) is 0 Å². The van der Waals surface area contributed by atoms with Gasteiger partial charge < -0.3 is 10.6 Å². The first-order valence-electron chi connectivity index (χ1n) is 5.85. The summed E-state index contributed by atoms with van der Waals surface area (Å²) in [5, 5.41) is 0. The molecule has 5 heteroatoms. The van der Waals surface area contributed by atoms with Crippen molar-refractivity contribution in [1.29, 1.82) is 0 Å². The minimum Gasteiger partial charge on any atom is -0.397 e. The van der Waals surface area contributed by atoms with Gasteiger partial charge in [0.25, 0.3) is 0 Å². The number of nitrogen functional groups attached to an aromatic ring is 1. The van der Waals surface area contributed by atoms with Crippen LogP contribution in [0.25, 0.3) is 0 Å². The molecule has 1 aromatic heterocycles. The summed E-state index contributed by atoms with van der Waals surface area (Å²) in [5.74, 6) is -0.445. The fourth-order valence-corrected chi connectivity index (χ4v) is 1.76. The molecule has 0 amide bonds. The number of benzene rings is 1. The van der Waals surface area contributed by atoms with Crippen molar-refractivity contribution in [3.63, 3.8) is 0 Å². The number of pyridine rings is 1. The standard InChI is InChI=1S/C14H15F2N3/c1-9-13(17)5-6-14(18-9)19(2)8-10-3-4-11(15)7-12(10)16/h3-7H,8,17H2,1-2H3. The number of hydrogen-bond donors (Lipinski definition) is 1. The smallest absolute Gasteiger partial charge is 0.131 e. The van der Waals surface area contributed by atoms with Gasteiger partial charge in [-0.25, -0.2) is 13.8 Å². The van der Waals surface area contributed by atoms with Gasteiger partial charge in [0, 0.05) is 25.2 Å². The van der Waals surface area contributed by atoms with Crippen LogP contribution < -0.4 is 10.6 Å². The van der Waals surface area contributed by atoms with E-state index in [1.807, 2.05) is 6.92 Å². The van der Waals surface area contributed by atoms with Crippen molar-refractivity contribution in [2.45, 2.75) is 13.5 Å². The van der Waals surface area contributed by atoms with E-state index in [0.29, 0.717) is 23.6 Å². The zero-order valence-electron chi connectivity index (χ0n) is 10.8. The van der Waals surface area contributed by atoms with Crippen molar-refractivity contribution in [3.05, 3.63) is 53.2 Å². The molecule has 0 fully saturated rings. The Morgan fingerprint density at radius 2 is 1.95 bits per heavy atom. The first-order chi connectivity index (χ1) is 8.97. The third kappa shape index (κ3) is 2.99. The summed E-state index contributed by atoms with van der Waals surface area (Å²) >= 11 is 0. The van der Waals surface area contributed by atoms with Crippen molar-refractivity contribution in [3.8, 4) is 0 Å². The van der Waals surface area contributed by atoms with Gasteiger partial charge >= 0.3 is 0 Å². The van der Waals surface area contributed by atoms with E-state index >= 15 is 0 Å². The SMILES string of the molecule is Cc1nc(N(C)Cc2ccc(F)cc2F)ccc1N. The van der Waals surface area contributed by atoms with E-state index < -0.39 is 11.6 Å². The van der Waals surface area contributed by atoms with Crippen LogP contribution in [0.4, 0.5) is 20.3 Å². The number of nitrogens with two attached hydrogens (primary N) is 1. The molecular weight excluding hydrogens is 248 g/mol. The molecule has 0 spiro atoms. The maximum absolute atomic E-state index is 13.6. The fraction of sp³-hybridized carbons (Fsp3) is 0.214. The van der Waals surface area contributed by atoms with Crippen molar-refractivity contribution in [1.82, 2.24) is 4.98 Å². The Labute approximate surface area is 110 Å². The molecule has 2 aromatic rings. The number of rotatable bonds is 3. The highest BCUT2D eigenvalue weighted by atomic mass is 19.1. The van der Waals surface area contributed by atoms with Gasteiger partial charge in [-0.2, -0.15) is 0 Å². The minimum absolute atomic E-state index is 0.308. The lowest BCUT2D eigenvalue weighted by Crippen LogP contribution is -2.19. The van der Waals surface area contributed by atoms with Crippen molar-refractivity contribution >= 4 is 11.5 Å². The molecule has 2 N–H and O–H groups in total. The van der Waals surface area contributed by atoms with Crippen molar-refractivity contribution in [2.75, 3.05) is 17.7 Å². The van der Waals surface area contributed by atoms with Gasteiger partial charge in [0.15, 0.2) is 0 Å². The van der Waals surface area contributed by atoms with Gasteiger partial charge in [0.05, 0.1) is 11.4 Å². The lowest BCUT2D eigenvalue weighted by atomic mass is 10.2. The van der Waals surface area contributed by atoms with Crippen LogP contribution in [0.1, 0.15) is 11.3 Å². The van der Waals surface area contributed by atoms with Gasteiger partial charge in [-0.05, 0) is 25.1 Å². The normalized spacial score (nSPS) is 10.5. The number of halogens is 2. The molecule has 1 heterocycles. The summed E-state index contributed by atoms with van der Waals surface area (Å²) in [6, 6.07) is 7.09. The van der Waals surface area contributed by atoms with Crippen molar-refractivity contribution < 1.29 is 8.78 Å². The zero-order chi connectivity index (χ0) is 14.0. The van der Waals surface area contributed by atoms with Crippen LogP contribution in [0.15, 0.2) is 30.3 Å². The molecule has 100 valence electrons. The second-order valence-corrected chi connectivity index (χ2v) is 4.44. The van der Waals surface area contributed by atoms with Crippen LogP contribution in [0.3, 0.4) is 0 Å². The van der Waals surface area contributed by atoms with E-state index in [2.05, 4.69) is 4.98 Å². The summed E-state index contributed by atoms with van der Waals surface area (Å²) in [6.07, 6.45) is 0. The second-order valence-electron chi connectivity index (χ2n) is 4.44. The van der Waals surface area contributed by atoms with Crippen LogP contribution in [-0.2, 0) is 6.54 Å². The summed E-state index contributed by atoms with van der Waals surface area (Å²) in [4.78, 5) is 6.10. The van der Waals surface area contributed by atoms with E-state index in [0.717, 1.165) is 11.8 Å². The minimum atomic E-state index is -0.578.